The summed E-state index contributed by atoms with van der Waals surface area (Å²) in [6.45, 7) is 8.61. The molecule has 2 saturated heterocycles. The van der Waals surface area contributed by atoms with Crippen LogP contribution < -0.4 is 0 Å². The Kier molecular flexibility index (Phi) is 3.75. The molecule has 2 aliphatic rings. The second-order valence-corrected chi connectivity index (χ2v) is 6.40. The van der Waals surface area contributed by atoms with E-state index in [4.69, 9.17) is 9.47 Å². The summed E-state index contributed by atoms with van der Waals surface area (Å²) in [7, 11) is 0. The molecule has 0 unspecified atom stereocenters. The minimum atomic E-state index is -0.325. The number of nitrogens with zero attached hydrogens (tertiary/aromatic N) is 3. The zero-order chi connectivity index (χ0) is 15.0. The largest absolute Gasteiger partial charge is 0.378 e. The van der Waals surface area contributed by atoms with E-state index < -0.39 is 0 Å². The van der Waals surface area contributed by atoms with Gasteiger partial charge in [-0.15, -0.1) is 0 Å². The van der Waals surface area contributed by atoms with Gasteiger partial charge in [-0.25, -0.2) is 4.98 Å². The van der Waals surface area contributed by atoms with Crippen LogP contribution >= 0.6 is 0 Å². The van der Waals surface area contributed by atoms with Crippen molar-refractivity contribution in [1.82, 2.24) is 14.5 Å². The summed E-state index contributed by atoms with van der Waals surface area (Å²) in [4.78, 5) is 18.8. The first kappa shape index (κ1) is 14.5. The third-order valence-corrected chi connectivity index (χ3v) is 4.18. The molecule has 1 spiro atoms. The highest BCUT2D eigenvalue weighted by molar-refractivity contribution is 5.92. The Hall–Kier alpha value is -1.40. The molecule has 3 heterocycles. The van der Waals surface area contributed by atoms with Crippen LogP contribution in [0.25, 0.3) is 0 Å². The maximum absolute atomic E-state index is 12.7. The number of morpholine rings is 1. The quantitative estimate of drug-likeness (QED) is 0.829. The summed E-state index contributed by atoms with van der Waals surface area (Å²) < 4.78 is 13.5. The molecule has 21 heavy (non-hydrogen) atoms. The lowest BCUT2D eigenvalue weighted by Gasteiger charge is -2.42. The molecular weight excluding hydrogens is 270 g/mol. The number of aromatic nitrogens is 2. The van der Waals surface area contributed by atoms with Crippen molar-refractivity contribution in [2.45, 2.75) is 44.9 Å². The van der Waals surface area contributed by atoms with Gasteiger partial charge in [0.25, 0.3) is 5.91 Å². The molecule has 2 atom stereocenters. The van der Waals surface area contributed by atoms with Gasteiger partial charge in [0, 0.05) is 31.8 Å². The number of hydrogen-bond acceptors (Lipinski definition) is 4. The van der Waals surface area contributed by atoms with Gasteiger partial charge in [0.15, 0.2) is 0 Å². The average molecular weight is 293 g/mol. The van der Waals surface area contributed by atoms with Gasteiger partial charge < -0.3 is 18.9 Å². The molecule has 0 bridgehead atoms. The maximum Gasteiger partial charge on any atom is 0.274 e. The van der Waals surface area contributed by atoms with Gasteiger partial charge in [0.2, 0.25) is 0 Å². The van der Waals surface area contributed by atoms with Crippen LogP contribution in [-0.2, 0) is 9.47 Å². The Bertz CT molecular complexity index is 520. The third-order valence-electron chi connectivity index (χ3n) is 4.18. The lowest BCUT2D eigenvalue weighted by Crippen LogP contribution is -2.57. The lowest BCUT2D eigenvalue weighted by atomic mass is 9.99. The van der Waals surface area contributed by atoms with Crippen LogP contribution in [0.1, 0.15) is 43.7 Å². The number of carbonyl (C=O) groups is 1. The van der Waals surface area contributed by atoms with Crippen molar-refractivity contribution in [3.05, 3.63) is 18.2 Å². The molecule has 0 aliphatic carbocycles. The predicted octanol–water partition coefficient (Wildman–Crippen LogP) is 1.48. The topological polar surface area (TPSA) is 56.6 Å². The van der Waals surface area contributed by atoms with E-state index in [1.54, 1.807) is 6.33 Å². The van der Waals surface area contributed by atoms with E-state index in [0.717, 1.165) is 6.42 Å². The SMILES string of the molecule is CC(C)n1cnc(C(=O)N2C[C@H](C)O[C@]3(CCOC3)C2)c1. The van der Waals surface area contributed by atoms with E-state index in [9.17, 15) is 4.79 Å². The second kappa shape index (κ2) is 5.42. The van der Waals surface area contributed by atoms with Crippen LogP contribution in [0.4, 0.5) is 0 Å². The number of carbonyl (C=O) groups excluding carboxylic acids is 1. The Labute approximate surface area is 125 Å². The van der Waals surface area contributed by atoms with Crippen LogP contribution in [0.3, 0.4) is 0 Å². The molecule has 3 rings (SSSR count). The molecule has 1 amide bonds. The third kappa shape index (κ3) is 2.82. The summed E-state index contributed by atoms with van der Waals surface area (Å²) in [5, 5.41) is 0. The van der Waals surface area contributed by atoms with Gasteiger partial charge in [-0.05, 0) is 20.8 Å². The first-order valence-corrected chi connectivity index (χ1v) is 7.57. The van der Waals surface area contributed by atoms with E-state index in [-0.39, 0.29) is 17.6 Å². The van der Waals surface area contributed by atoms with E-state index in [0.29, 0.717) is 38.0 Å². The molecule has 0 aromatic carbocycles. The molecule has 0 radical (unpaired) electrons. The molecule has 6 heteroatoms. The Morgan fingerprint density at radius 2 is 2.33 bits per heavy atom. The molecule has 1 aromatic rings. The van der Waals surface area contributed by atoms with Gasteiger partial charge >= 0.3 is 0 Å². The number of rotatable bonds is 2. The molecular formula is C15H23N3O3. The summed E-state index contributed by atoms with van der Waals surface area (Å²) in [6, 6.07) is 0.303. The highest BCUT2D eigenvalue weighted by Gasteiger charge is 2.44. The van der Waals surface area contributed by atoms with Crippen molar-refractivity contribution in [3.8, 4) is 0 Å². The molecule has 6 nitrogen and oxygen atoms in total. The fraction of sp³-hybridized carbons (Fsp3) is 0.733. The van der Waals surface area contributed by atoms with E-state index in [1.807, 2.05) is 22.6 Å². The van der Waals surface area contributed by atoms with E-state index in [2.05, 4.69) is 18.8 Å². The summed E-state index contributed by atoms with van der Waals surface area (Å²) in [5.41, 5.74) is 0.181. The van der Waals surface area contributed by atoms with E-state index >= 15 is 0 Å². The Morgan fingerprint density at radius 3 is 2.95 bits per heavy atom. The molecule has 0 saturated carbocycles. The second-order valence-electron chi connectivity index (χ2n) is 6.40. The highest BCUT2D eigenvalue weighted by Crippen LogP contribution is 2.30. The molecule has 0 N–H and O–H groups in total. The van der Waals surface area contributed by atoms with Crippen LogP contribution in [-0.4, -0.2) is 58.4 Å². The monoisotopic (exact) mass is 293 g/mol. The van der Waals surface area contributed by atoms with Crippen LogP contribution in [0.15, 0.2) is 12.5 Å². The van der Waals surface area contributed by atoms with Gasteiger partial charge in [-0.2, -0.15) is 0 Å². The van der Waals surface area contributed by atoms with Gasteiger partial charge in [0.1, 0.15) is 11.3 Å². The van der Waals surface area contributed by atoms with Crippen molar-refractivity contribution < 1.29 is 14.3 Å². The van der Waals surface area contributed by atoms with Gasteiger partial charge in [-0.3, -0.25) is 4.79 Å². The maximum atomic E-state index is 12.7. The normalized spacial score (nSPS) is 29.5. The number of hydrogen-bond donors (Lipinski definition) is 0. The minimum Gasteiger partial charge on any atom is -0.378 e. The first-order chi connectivity index (χ1) is 9.99. The average Bonchev–Trinajstić information content (AvgIpc) is 3.06. The smallest absolute Gasteiger partial charge is 0.274 e. The zero-order valence-electron chi connectivity index (χ0n) is 12.9. The van der Waals surface area contributed by atoms with E-state index in [1.165, 1.54) is 0 Å². The summed E-state index contributed by atoms with van der Waals surface area (Å²) >= 11 is 0. The van der Waals surface area contributed by atoms with Crippen molar-refractivity contribution in [3.63, 3.8) is 0 Å². The molecule has 2 aliphatic heterocycles. The number of ether oxygens (including phenoxy) is 2. The zero-order valence-corrected chi connectivity index (χ0v) is 12.9. The Morgan fingerprint density at radius 1 is 1.52 bits per heavy atom. The minimum absolute atomic E-state index is 0.0178. The molecule has 2 fully saturated rings. The summed E-state index contributed by atoms with van der Waals surface area (Å²) in [5.74, 6) is -0.0178. The Balaban J connectivity index is 1.76. The van der Waals surface area contributed by atoms with Crippen molar-refractivity contribution in [2.75, 3.05) is 26.3 Å². The predicted molar refractivity (Wildman–Crippen MR) is 77.2 cm³/mol. The fourth-order valence-corrected chi connectivity index (χ4v) is 3.08. The van der Waals surface area contributed by atoms with Crippen molar-refractivity contribution in [1.29, 1.82) is 0 Å². The summed E-state index contributed by atoms with van der Waals surface area (Å²) in [6.07, 6.45) is 4.42. The van der Waals surface area contributed by atoms with Crippen molar-refractivity contribution >= 4 is 5.91 Å². The first-order valence-electron chi connectivity index (χ1n) is 7.57. The number of amides is 1. The standard InChI is InChI=1S/C15H23N3O3/c1-11(2)18-7-13(16-10-18)14(19)17-6-12(3)21-15(8-17)4-5-20-9-15/h7,10-12H,4-6,8-9H2,1-3H3/t12-,15+/m0/s1. The number of imidazole rings is 1. The van der Waals surface area contributed by atoms with Crippen molar-refractivity contribution in [2.24, 2.45) is 0 Å². The fourth-order valence-electron chi connectivity index (χ4n) is 3.08. The van der Waals surface area contributed by atoms with Gasteiger partial charge in [-0.1, -0.05) is 0 Å². The van der Waals surface area contributed by atoms with Gasteiger partial charge in [0.05, 0.1) is 25.6 Å². The highest BCUT2D eigenvalue weighted by atomic mass is 16.6. The van der Waals surface area contributed by atoms with Crippen LogP contribution in [0, 0.1) is 0 Å². The molecule has 1 aromatic heterocycles. The lowest BCUT2D eigenvalue weighted by molar-refractivity contribution is -0.138. The van der Waals surface area contributed by atoms with Crippen LogP contribution in [0.5, 0.6) is 0 Å². The van der Waals surface area contributed by atoms with Crippen LogP contribution in [0.2, 0.25) is 0 Å². The molecule has 116 valence electrons.